The van der Waals surface area contributed by atoms with Crippen molar-refractivity contribution in [1.82, 2.24) is 9.88 Å². The largest absolute Gasteiger partial charge is 0.465 e. The van der Waals surface area contributed by atoms with E-state index >= 15 is 0 Å². The van der Waals surface area contributed by atoms with Gasteiger partial charge in [-0.15, -0.1) is 11.3 Å². The van der Waals surface area contributed by atoms with E-state index in [4.69, 9.17) is 9.47 Å². The molecule has 0 saturated heterocycles. The first-order valence-corrected chi connectivity index (χ1v) is 11.4. The van der Waals surface area contributed by atoms with Gasteiger partial charge in [0, 0.05) is 25.6 Å². The summed E-state index contributed by atoms with van der Waals surface area (Å²) in [5.74, 6) is -0.317. The van der Waals surface area contributed by atoms with Gasteiger partial charge < -0.3 is 9.47 Å². The summed E-state index contributed by atoms with van der Waals surface area (Å²) in [7, 11) is 1.61. The molecule has 2 aromatic carbocycles. The Kier molecular flexibility index (Phi) is 8.57. The van der Waals surface area contributed by atoms with Crippen LogP contribution in [0.4, 0.5) is 0 Å². The molecule has 1 heterocycles. The summed E-state index contributed by atoms with van der Waals surface area (Å²) in [5.41, 5.74) is 2.22. The molecule has 3 rings (SSSR count). The lowest BCUT2D eigenvalue weighted by molar-refractivity contribution is -0.156. The minimum absolute atomic E-state index is 0.303. The van der Waals surface area contributed by atoms with E-state index in [9.17, 15) is 4.79 Å². The van der Waals surface area contributed by atoms with E-state index < -0.39 is 12.1 Å². The third-order valence-electron chi connectivity index (χ3n) is 4.66. The van der Waals surface area contributed by atoms with Gasteiger partial charge in [-0.1, -0.05) is 60.7 Å². The zero-order valence-corrected chi connectivity index (χ0v) is 19.4. The third-order valence-corrected chi connectivity index (χ3v) is 6.27. The number of hydrogen-bond acceptors (Lipinski definition) is 6. The predicted octanol–water partition coefficient (Wildman–Crippen LogP) is 5.23. The average Bonchev–Trinajstić information content (AvgIpc) is 3.19. The fraction of sp³-hybridized carbons (Fsp3) is 0.304. The average molecular weight is 489 g/mol. The van der Waals surface area contributed by atoms with E-state index in [0.29, 0.717) is 19.7 Å². The molecule has 0 bridgehead atoms. The van der Waals surface area contributed by atoms with Crippen LogP contribution in [0.3, 0.4) is 0 Å². The van der Waals surface area contributed by atoms with Crippen molar-refractivity contribution >= 4 is 33.2 Å². The SMILES string of the molecule is CCOC(=O)[C@H]([C@H](OC)c1nc(Br)cs1)N(Cc1ccccc1)Cc1ccccc1. The van der Waals surface area contributed by atoms with Gasteiger partial charge in [0.15, 0.2) is 0 Å². The maximum absolute atomic E-state index is 13.2. The molecular weight excluding hydrogens is 464 g/mol. The first-order valence-electron chi connectivity index (χ1n) is 9.74. The van der Waals surface area contributed by atoms with E-state index in [2.05, 4.69) is 50.1 Å². The quantitative estimate of drug-likeness (QED) is 0.365. The Labute approximate surface area is 189 Å². The number of hydrogen-bond donors (Lipinski definition) is 0. The minimum Gasteiger partial charge on any atom is -0.465 e. The van der Waals surface area contributed by atoms with Crippen LogP contribution >= 0.6 is 27.3 Å². The van der Waals surface area contributed by atoms with Crippen LogP contribution in [0.2, 0.25) is 0 Å². The monoisotopic (exact) mass is 488 g/mol. The van der Waals surface area contributed by atoms with Crippen molar-refractivity contribution in [3.8, 4) is 0 Å². The van der Waals surface area contributed by atoms with Gasteiger partial charge in [-0.05, 0) is 34.0 Å². The Morgan fingerprint density at radius 1 is 1.07 bits per heavy atom. The lowest BCUT2D eigenvalue weighted by Gasteiger charge is -2.34. The van der Waals surface area contributed by atoms with Crippen molar-refractivity contribution in [2.45, 2.75) is 32.2 Å². The van der Waals surface area contributed by atoms with E-state index in [-0.39, 0.29) is 5.97 Å². The molecule has 7 heteroatoms. The van der Waals surface area contributed by atoms with E-state index in [1.807, 2.05) is 48.7 Å². The van der Waals surface area contributed by atoms with Gasteiger partial charge in [0.2, 0.25) is 0 Å². The van der Waals surface area contributed by atoms with Crippen LogP contribution in [0.25, 0.3) is 0 Å². The number of thiazole rings is 1. The van der Waals surface area contributed by atoms with Gasteiger partial charge in [-0.2, -0.15) is 0 Å². The van der Waals surface area contributed by atoms with Crippen molar-refractivity contribution in [2.75, 3.05) is 13.7 Å². The number of nitrogens with zero attached hydrogens (tertiary/aromatic N) is 2. The van der Waals surface area contributed by atoms with Gasteiger partial charge in [0.25, 0.3) is 0 Å². The summed E-state index contributed by atoms with van der Waals surface area (Å²) >= 11 is 4.86. The van der Waals surface area contributed by atoms with Crippen molar-refractivity contribution in [1.29, 1.82) is 0 Å². The van der Waals surface area contributed by atoms with Crippen molar-refractivity contribution in [3.63, 3.8) is 0 Å². The number of halogens is 1. The molecule has 30 heavy (non-hydrogen) atoms. The van der Waals surface area contributed by atoms with Crippen LogP contribution in [-0.2, 0) is 27.4 Å². The number of aromatic nitrogens is 1. The molecule has 0 spiro atoms. The second-order valence-corrected chi connectivity index (χ2v) is 8.44. The number of carbonyl (C=O) groups excluding carboxylic acids is 1. The summed E-state index contributed by atoms with van der Waals surface area (Å²) in [4.78, 5) is 19.8. The Morgan fingerprint density at radius 2 is 1.63 bits per heavy atom. The Bertz CT molecular complexity index is 879. The maximum Gasteiger partial charge on any atom is 0.326 e. The van der Waals surface area contributed by atoms with E-state index in [1.54, 1.807) is 7.11 Å². The Hall–Kier alpha value is -2.06. The molecule has 0 amide bonds. The smallest absolute Gasteiger partial charge is 0.326 e. The Balaban J connectivity index is 2.00. The van der Waals surface area contributed by atoms with E-state index in [1.165, 1.54) is 11.3 Å². The fourth-order valence-corrected chi connectivity index (χ4v) is 4.71. The molecule has 158 valence electrons. The van der Waals surface area contributed by atoms with Crippen LogP contribution < -0.4 is 0 Å². The lowest BCUT2D eigenvalue weighted by Crippen LogP contribution is -2.46. The number of rotatable bonds is 10. The van der Waals surface area contributed by atoms with Crippen LogP contribution in [0, 0.1) is 0 Å². The second-order valence-electron chi connectivity index (χ2n) is 6.74. The summed E-state index contributed by atoms with van der Waals surface area (Å²) in [5, 5.41) is 2.62. The molecule has 1 aromatic heterocycles. The number of methoxy groups -OCH3 is 1. The van der Waals surface area contributed by atoms with Crippen molar-refractivity contribution in [3.05, 3.63) is 86.8 Å². The highest BCUT2D eigenvalue weighted by molar-refractivity contribution is 9.10. The topological polar surface area (TPSA) is 51.7 Å². The Morgan fingerprint density at radius 3 is 2.07 bits per heavy atom. The molecule has 0 aliphatic carbocycles. The predicted molar refractivity (Wildman–Crippen MR) is 122 cm³/mol. The number of benzene rings is 2. The molecule has 0 N–H and O–H groups in total. The lowest BCUT2D eigenvalue weighted by atomic mass is 10.1. The summed E-state index contributed by atoms with van der Waals surface area (Å²) < 4.78 is 12.0. The molecule has 0 radical (unpaired) electrons. The summed E-state index contributed by atoms with van der Waals surface area (Å²) in [6.07, 6.45) is -0.548. The highest BCUT2D eigenvalue weighted by Gasteiger charge is 2.38. The first-order chi connectivity index (χ1) is 14.6. The molecule has 5 nitrogen and oxygen atoms in total. The van der Waals surface area contributed by atoms with Gasteiger partial charge in [0.05, 0.1) is 6.61 Å². The zero-order chi connectivity index (χ0) is 21.3. The van der Waals surface area contributed by atoms with Crippen LogP contribution in [0.1, 0.15) is 29.2 Å². The highest BCUT2D eigenvalue weighted by atomic mass is 79.9. The zero-order valence-electron chi connectivity index (χ0n) is 17.0. The molecule has 2 atom stereocenters. The van der Waals surface area contributed by atoms with E-state index in [0.717, 1.165) is 20.7 Å². The molecule has 0 fully saturated rings. The van der Waals surface area contributed by atoms with Crippen LogP contribution in [0.5, 0.6) is 0 Å². The molecule has 0 saturated carbocycles. The molecule has 0 unspecified atom stereocenters. The second kappa shape index (κ2) is 11.4. The molecule has 0 aliphatic heterocycles. The third kappa shape index (κ3) is 5.98. The molecule has 3 aromatic rings. The maximum atomic E-state index is 13.2. The number of carbonyl (C=O) groups is 1. The minimum atomic E-state index is -0.645. The van der Waals surface area contributed by atoms with Crippen molar-refractivity contribution < 1.29 is 14.3 Å². The van der Waals surface area contributed by atoms with Gasteiger partial charge in [-0.25, -0.2) is 4.98 Å². The molecule has 0 aliphatic rings. The summed E-state index contributed by atoms with van der Waals surface area (Å²) in [6, 6.07) is 19.6. The van der Waals surface area contributed by atoms with Crippen molar-refractivity contribution in [2.24, 2.45) is 0 Å². The summed E-state index contributed by atoms with van der Waals surface area (Å²) in [6.45, 7) is 3.27. The van der Waals surface area contributed by atoms with Crippen LogP contribution in [-0.4, -0.2) is 35.6 Å². The first kappa shape index (κ1) is 22.6. The standard InChI is InChI=1S/C23H25BrN2O3S/c1-3-29-23(27)20(21(28-2)22-25-19(24)16-30-22)26(14-17-10-6-4-7-11-17)15-18-12-8-5-9-13-18/h4-13,16,20-21H,3,14-15H2,1-2H3/t20-,21-/m0/s1. The number of ether oxygens (including phenoxy) is 2. The van der Waals surface area contributed by atoms with Gasteiger partial charge in [-0.3, -0.25) is 9.69 Å². The van der Waals surface area contributed by atoms with Crippen LogP contribution in [0.15, 0.2) is 70.6 Å². The normalized spacial score (nSPS) is 13.2. The van der Waals surface area contributed by atoms with Gasteiger partial charge >= 0.3 is 5.97 Å². The molecular formula is C23H25BrN2O3S. The van der Waals surface area contributed by atoms with Gasteiger partial charge in [0.1, 0.15) is 21.8 Å². The fourth-order valence-electron chi connectivity index (χ4n) is 3.34. The number of esters is 1. The highest BCUT2D eigenvalue weighted by Crippen LogP contribution is 2.31.